The van der Waals surface area contributed by atoms with Crippen molar-refractivity contribution in [2.45, 2.75) is 19.8 Å². The molecule has 1 atom stereocenters. The van der Waals surface area contributed by atoms with Gasteiger partial charge in [-0.2, -0.15) is 0 Å². The van der Waals surface area contributed by atoms with E-state index >= 15 is 0 Å². The van der Waals surface area contributed by atoms with E-state index in [1.54, 1.807) is 11.8 Å². The summed E-state index contributed by atoms with van der Waals surface area (Å²) in [5, 5.41) is 0.397. The highest BCUT2D eigenvalue weighted by Gasteiger charge is 2.18. The molecule has 1 rings (SSSR count). The van der Waals surface area contributed by atoms with Crippen LogP contribution in [0, 0.1) is 6.92 Å². The standard InChI is InChI=1S/C14H19NO2S/c1-10-5-7-12(8-6-10)13(11(2)16)9-17-14(18)15(3)4/h5-8,13H,9H2,1-4H3. The van der Waals surface area contributed by atoms with Crippen molar-refractivity contribution >= 4 is 23.2 Å². The molecule has 0 saturated carbocycles. The molecule has 0 fully saturated rings. The molecule has 18 heavy (non-hydrogen) atoms. The molecule has 0 aromatic heterocycles. The third-order valence-electron chi connectivity index (χ3n) is 2.71. The first kappa shape index (κ1) is 14.6. The van der Waals surface area contributed by atoms with E-state index in [1.807, 2.05) is 45.3 Å². The number of hydrogen-bond donors (Lipinski definition) is 0. The van der Waals surface area contributed by atoms with Crippen molar-refractivity contribution in [3.8, 4) is 0 Å². The van der Waals surface area contributed by atoms with E-state index in [4.69, 9.17) is 17.0 Å². The highest BCUT2D eigenvalue weighted by molar-refractivity contribution is 7.80. The van der Waals surface area contributed by atoms with E-state index < -0.39 is 0 Å². The summed E-state index contributed by atoms with van der Waals surface area (Å²) in [6.07, 6.45) is 0. The summed E-state index contributed by atoms with van der Waals surface area (Å²) in [6, 6.07) is 7.91. The monoisotopic (exact) mass is 265 g/mol. The molecule has 0 bridgehead atoms. The second-order valence-electron chi connectivity index (χ2n) is 4.55. The molecule has 3 nitrogen and oxygen atoms in total. The first-order valence-electron chi connectivity index (χ1n) is 5.83. The predicted molar refractivity (Wildman–Crippen MR) is 76.8 cm³/mol. The largest absolute Gasteiger partial charge is 0.470 e. The molecule has 98 valence electrons. The van der Waals surface area contributed by atoms with Crippen molar-refractivity contribution in [1.29, 1.82) is 0 Å². The Hall–Kier alpha value is -1.42. The van der Waals surface area contributed by atoms with Crippen LogP contribution in [0.1, 0.15) is 24.0 Å². The highest BCUT2D eigenvalue weighted by Crippen LogP contribution is 2.18. The van der Waals surface area contributed by atoms with Crippen molar-refractivity contribution in [3.05, 3.63) is 35.4 Å². The van der Waals surface area contributed by atoms with Gasteiger partial charge in [0.25, 0.3) is 5.17 Å². The number of ketones is 1. The lowest BCUT2D eigenvalue weighted by Gasteiger charge is -2.19. The van der Waals surface area contributed by atoms with Crippen LogP contribution in [0.2, 0.25) is 0 Å². The maximum atomic E-state index is 11.7. The maximum absolute atomic E-state index is 11.7. The number of carbonyl (C=O) groups is 1. The topological polar surface area (TPSA) is 29.5 Å². The lowest BCUT2D eigenvalue weighted by atomic mass is 9.95. The summed E-state index contributed by atoms with van der Waals surface area (Å²) in [5.74, 6) is -0.177. The summed E-state index contributed by atoms with van der Waals surface area (Å²) < 4.78 is 5.45. The first-order valence-corrected chi connectivity index (χ1v) is 6.23. The van der Waals surface area contributed by atoms with Crippen LogP contribution in [0.3, 0.4) is 0 Å². The van der Waals surface area contributed by atoms with Crippen molar-refractivity contribution in [3.63, 3.8) is 0 Å². The van der Waals surface area contributed by atoms with Gasteiger partial charge in [0.1, 0.15) is 12.4 Å². The number of hydrogen-bond acceptors (Lipinski definition) is 3. The Bertz CT molecular complexity index is 426. The Morgan fingerprint density at radius 2 is 1.89 bits per heavy atom. The van der Waals surface area contributed by atoms with Crippen molar-refractivity contribution < 1.29 is 9.53 Å². The van der Waals surface area contributed by atoms with Gasteiger partial charge in [-0.25, -0.2) is 0 Å². The smallest absolute Gasteiger partial charge is 0.258 e. The van der Waals surface area contributed by atoms with Crippen LogP contribution >= 0.6 is 12.2 Å². The fraction of sp³-hybridized carbons (Fsp3) is 0.429. The molecule has 0 saturated heterocycles. The average Bonchev–Trinajstić information content (AvgIpc) is 2.30. The lowest BCUT2D eigenvalue weighted by molar-refractivity contribution is -0.119. The Kier molecular flexibility index (Phi) is 5.28. The van der Waals surface area contributed by atoms with Crippen LogP contribution in [-0.2, 0) is 9.53 Å². The summed E-state index contributed by atoms with van der Waals surface area (Å²) in [5.41, 5.74) is 2.14. The molecule has 1 unspecified atom stereocenters. The van der Waals surface area contributed by atoms with Crippen LogP contribution in [0.5, 0.6) is 0 Å². The second-order valence-corrected chi connectivity index (χ2v) is 4.89. The van der Waals surface area contributed by atoms with Gasteiger partial charge in [0.05, 0.1) is 5.92 Å². The third kappa shape index (κ3) is 4.11. The van der Waals surface area contributed by atoms with Gasteiger partial charge in [0.15, 0.2) is 0 Å². The molecule has 0 heterocycles. The number of carbonyl (C=O) groups excluding carboxylic acids is 1. The van der Waals surface area contributed by atoms with E-state index in [9.17, 15) is 4.79 Å². The molecule has 0 radical (unpaired) electrons. The molecule has 0 N–H and O–H groups in total. The average molecular weight is 265 g/mol. The molecule has 4 heteroatoms. The van der Waals surface area contributed by atoms with Crippen molar-refractivity contribution in [2.24, 2.45) is 0 Å². The molecular weight excluding hydrogens is 246 g/mol. The van der Waals surface area contributed by atoms with Gasteiger partial charge in [-0.15, -0.1) is 0 Å². The van der Waals surface area contributed by atoms with E-state index in [0.717, 1.165) is 5.56 Å². The zero-order chi connectivity index (χ0) is 13.7. The summed E-state index contributed by atoms with van der Waals surface area (Å²) in [4.78, 5) is 13.4. The quantitative estimate of drug-likeness (QED) is 0.782. The Labute approximate surface area is 114 Å². The number of thiocarbonyl (C=S) groups is 1. The Morgan fingerprint density at radius 3 is 2.33 bits per heavy atom. The van der Waals surface area contributed by atoms with Gasteiger partial charge >= 0.3 is 0 Å². The minimum atomic E-state index is -0.261. The van der Waals surface area contributed by atoms with Gasteiger partial charge in [-0.05, 0) is 31.6 Å². The molecule has 0 spiro atoms. The van der Waals surface area contributed by atoms with Gasteiger partial charge in [-0.3, -0.25) is 4.79 Å². The zero-order valence-electron chi connectivity index (χ0n) is 11.3. The van der Waals surface area contributed by atoms with E-state index in [1.165, 1.54) is 5.56 Å². The van der Waals surface area contributed by atoms with Crippen LogP contribution < -0.4 is 0 Å². The van der Waals surface area contributed by atoms with Crippen LogP contribution in [0.15, 0.2) is 24.3 Å². The van der Waals surface area contributed by atoms with Crippen LogP contribution in [0.25, 0.3) is 0 Å². The number of ether oxygens (including phenoxy) is 1. The number of rotatable bonds is 4. The van der Waals surface area contributed by atoms with Crippen molar-refractivity contribution in [1.82, 2.24) is 4.90 Å². The zero-order valence-corrected chi connectivity index (χ0v) is 12.1. The number of benzene rings is 1. The summed E-state index contributed by atoms with van der Waals surface area (Å²) in [7, 11) is 3.63. The predicted octanol–water partition coefficient (Wildman–Crippen LogP) is 2.53. The van der Waals surface area contributed by atoms with Gasteiger partial charge in [-0.1, -0.05) is 29.8 Å². The lowest BCUT2D eigenvalue weighted by Crippen LogP contribution is -2.26. The molecule has 0 aliphatic carbocycles. The molecule has 0 amide bonds. The normalized spacial score (nSPS) is 11.8. The van der Waals surface area contributed by atoms with Gasteiger partial charge in [0, 0.05) is 14.1 Å². The number of nitrogens with zero attached hydrogens (tertiary/aromatic N) is 1. The van der Waals surface area contributed by atoms with E-state index in [2.05, 4.69) is 0 Å². The second kappa shape index (κ2) is 6.50. The molecule has 1 aromatic rings. The summed E-state index contributed by atoms with van der Waals surface area (Å²) >= 11 is 5.05. The van der Waals surface area contributed by atoms with Gasteiger partial charge < -0.3 is 9.64 Å². The van der Waals surface area contributed by atoms with E-state index in [-0.39, 0.29) is 18.3 Å². The third-order valence-corrected chi connectivity index (χ3v) is 3.19. The van der Waals surface area contributed by atoms with Crippen molar-refractivity contribution in [2.75, 3.05) is 20.7 Å². The maximum Gasteiger partial charge on any atom is 0.258 e. The van der Waals surface area contributed by atoms with Crippen LogP contribution in [0.4, 0.5) is 0 Å². The van der Waals surface area contributed by atoms with Crippen LogP contribution in [-0.4, -0.2) is 36.6 Å². The molecule has 0 aliphatic rings. The molecule has 1 aromatic carbocycles. The first-order chi connectivity index (χ1) is 8.41. The van der Waals surface area contributed by atoms with Gasteiger partial charge in [0.2, 0.25) is 0 Å². The molecular formula is C14H19NO2S. The summed E-state index contributed by atoms with van der Waals surface area (Å²) in [6.45, 7) is 3.88. The highest BCUT2D eigenvalue weighted by atomic mass is 32.1. The molecule has 0 aliphatic heterocycles. The van der Waals surface area contributed by atoms with E-state index in [0.29, 0.717) is 5.17 Å². The minimum absolute atomic E-state index is 0.0837. The fourth-order valence-corrected chi connectivity index (χ4v) is 1.60. The fourth-order valence-electron chi connectivity index (χ4n) is 1.53. The SMILES string of the molecule is CC(=O)C(COC(=S)N(C)C)c1ccc(C)cc1. The number of Topliss-reactive ketones (excluding diaryl/α,β-unsaturated/α-hetero) is 1. The Morgan fingerprint density at radius 1 is 1.33 bits per heavy atom. The number of aryl methyl sites for hydroxylation is 1. The minimum Gasteiger partial charge on any atom is -0.470 e. The Balaban J connectivity index is 2.75.